The van der Waals surface area contributed by atoms with Gasteiger partial charge in [0.15, 0.2) is 5.75 Å². The van der Waals surface area contributed by atoms with Gasteiger partial charge in [-0.2, -0.15) is 21.6 Å². The van der Waals surface area contributed by atoms with E-state index in [1.54, 1.807) is 0 Å². The topological polar surface area (TPSA) is 82.3 Å². The summed E-state index contributed by atoms with van der Waals surface area (Å²) in [5, 5.41) is 0.408. The van der Waals surface area contributed by atoms with Gasteiger partial charge in [0.25, 0.3) is 0 Å². The molecule has 0 fully saturated rings. The molecule has 0 bridgehead atoms. The first-order valence-corrected chi connectivity index (χ1v) is 6.58. The van der Waals surface area contributed by atoms with Crippen molar-refractivity contribution in [2.24, 2.45) is 0 Å². The minimum Gasteiger partial charge on any atom is -0.391 e. The second kappa shape index (κ2) is 3.99. The number of thiophene rings is 1. The van der Waals surface area contributed by atoms with Gasteiger partial charge in [0.2, 0.25) is 0 Å². The average molecular weight is 298 g/mol. The van der Waals surface area contributed by atoms with Crippen molar-refractivity contribution in [3.05, 3.63) is 18.3 Å². The highest BCUT2D eigenvalue weighted by Crippen LogP contribution is 2.35. The van der Waals surface area contributed by atoms with Crippen LogP contribution in [0, 0.1) is 0 Å². The number of halogens is 3. The monoisotopic (exact) mass is 298 g/mol. The Morgan fingerprint density at radius 3 is 2.67 bits per heavy atom. The maximum atomic E-state index is 12.2. The van der Waals surface area contributed by atoms with Crippen LogP contribution in [-0.4, -0.2) is 18.9 Å². The van der Waals surface area contributed by atoms with Crippen molar-refractivity contribution >= 4 is 36.7 Å². The molecule has 2 N–H and O–H groups in total. The van der Waals surface area contributed by atoms with E-state index in [9.17, 15) is 21.6 Å². The zero-order valence-electron chi connectivity index (χ0n) is 8.43. The highest BCUT2D eigenvalue weighted by Gasteiger charge is 2.48. The largest absolute Gasteiger partial charge is 0.534 e. The van der Waals surface area contributed by atoms with Crippen molar-refractivity contribution < 1.29 is 25.8 Å². The average Bonchev–Trinajstić information content (AvgIpc) is 2.57. The number of pyridine rings is 1. The summed E-state index contributed by atoms with van der Waals surface area (Å²) in [6.45, 7) is 0. The Bertz CT molecular complexity index is 693. The predicted molar refractivity (Wildman–Crippen MR) is 59.6 cm³/mol. The molecule has 0 saturated heterocycles. The molecule has 98 valence electrons. The Morgan fingerprint density at radius 1 is 1.39 bits per heavy atom. The zero-order valence-corrected chi connectivity index (χ0v) is 10.1. The van der Waals surface area contributed by atoms with Gasteiger partial charge in [-0.05, 0) is 6.07 Å². The van der Waals surface area contributed by atoms with E-state index >= 15 is 0 Å². The minimum atomic E-state index is -5.70. The highest BCUT2D eigenvalue weighted by molar-refractivity contribution is 7.88. The molecule has 0 aromatic carbocycles. The van der Waals surface area contributed by atoms with Crippen molar-refractivity contribution in [1.82, 2.24) is 4.98 Å². The number of rotatable bonds is 2. The SMILES string of the molecule is Nc1cc2c(OS(=O)(=O)C(F)(F)F)ccnc2s1. The Balaban J connectivity index is 2.51. The van der Waals surface area contributed by atoms with E-state index < -0.39 is 21.4 Å². The number of fused-ring (bicyclic) bond motifs is 1. The lowest BCUT2D eigenvalue weighted by atomic mass is 10.3. The van der Waals surface area contributed by atoms with Crippen molar-refractivity contribution in [2.75, 3.05) is 5.73 Å². The predicted octanol–water partition coefficient (Wildman–Crippen LogP) is 2.11. The van der Waals surface area contributed by atoms with E-state index in [1.165, 1.54) is 6.07 Å². The summed E-state index contributed by atoms with van der Waals surface area (Å²) in [4.78, 5) is 4.13. The van der Waals surface area contributed by atoms with Crippen LogP contribution in [0.25, 0.3) is 10.2 Å². The lowest BCUT2D eigenvalue weighted by Gasteiger charge is -2.09. The maximum Gasteiger partial charge on any atom is 0.534 e. The number of hydrogen-bond donors (Lipinski definition) is 1. The van der Waals surface area contributed by atoms with Crippen molar-refractivity contribution in [1.29, 1.82) is 0 Å². The molecule has 0 saturated carbocycles. The number of aromatic nitrogens is 1. The molecule has 0 aliphatic heterocycles. The molecule has 0 unspecified atom stereocenters. The summed E-state index contributed by atoms with van der Waals surface area (Å²) in [5.74, 6) is -0.453. The quantitative estimate of drug-likeness (QED) is 0.678. The summed E-state index contributed by atoms with van der Waals surface area (Å²) in [5.41, 5.74) is -0.0217. The van der Waals surface area contributed by atoms with E-state index in [0.29, 0.717) is 4.83 Å². The fraction of sp³-hybridized carbons (Fsp3) is 0.125. The van der Waals surface area contributed by atoms with Crippen molar-refractivity contribution in [3.8, 4) is 5.75 Å². The van der Waals surface area contributed by atoms with E-state index in [-0.39, 0.29) is 10.4 Å². The summed E-state index contributed by atoms with van der Waals surface area (Å²) < 4.78 is 62.3. The van der Waals surface area contributed by atoms with Gasteiger partial charge in [0.1, 0.15) is 4.83 Å². The van der Waals surface area contributed by atoms with Crippen molar-refractivity contribution in [2.45, 2.75) is 5.51 Å². The smallest absolute Gasteiger partial charge is 0.391 e. The van der Waals surface area contributed by atoms with Crippen LogP contribution in [0.3, 0.4) is 0 Å². The van der Waals surface area contributed by atoms with Crippen LogP contribution in [0.15, 0.2) is 18.3 Å². The molecule has 10 heteroatoms. The van der Waals surface area contributed by atoms with Gasteiger partial charge in [-0.3, -0.25) is 0 Å². The van der Waals surface area contributed by atoms with Gasteiger partial charge < -0.3 is 9.92 Å². The fourth-order valence-electron chi connectivity index (χ4n) is 1.17. The summed E-state index contributed by atoms with van der Waals surface area (Å²) in [7, 11) is -5.70. The first-order valence-electron chi connectivity index (χ1n) is 4.35. The molecule has 0 radical (unpaired) electrons. The molecular weight excluding hydrogens is 293 g/mol. The molecule has 18 heavy (non-hydrogen) atoms. The summed E-state index contributed by atoms with van der Waals surface area (Å²) in [6, 6.07) is 2.33. The molecule has 0 amide bonds. The summed E-state index contributed by atoms with van der Waals surface area (Å²) >= 11 is 1.01. The molecule has 2 heterocycles. The first-order chi connectivity index (χ1) is 8.21. The fourth-order valence-corrected chi connectivity index (χ4v) is 2.43. The van der Waals surface area contributed by atoms with E-state index in [0.717, 1.165) is 23.6 Å². The van der Waals surface area contributed by atoms with Gasteiger partial charge in [-0.1, -0.05) is 11.3 Å². The molecule has 2 aromatic heterocycles. The van der Waals surface area contributed by atoms with Crippen LogP contribution in [0.1, 0.15) is 0 Å². The maximum absolute atomic E-state index is 12.2. The molecule has 2 aromatic rings. The van der Waals surface area contributed by atoms with Gasteiger partial charge in [-0.25, -0.2) is 4.98 Å². The van der Waals surface area contributed by atoms with Crippen LogP contribution in [0.4, 0.5) is 18.2 Å². The van der Waals surface area contributed by atoms with E-state index in [4.69, 9.17) is 5.73 Å². The van der Waals surface area contributed by atoms with E-state index in [2.05, 4.69) is 9.17 Å². The van der Waals surface area contributed by atoms with Gasteiger partial charge in [-0.15, -0.1) is 0 Å². The number of alkyl halides is 3. The lowest BCUT2D eigenvalue weighted by Crippen LogP contribution is -2.28. The lowest BCUT2D eigenvalue weighted by molar-refractivity contribution is -0.0499. The third-order valence-corrected chi connectivity index (χ3v) is 3.74. The Hall–Kier alpha value is -1.55. The number of hydrogen-bond acceptors (Lipinski definition) is 6. The van der Waals surface area contributed by atoms with Gasteiger partial charge in [0.05, 0.1) is 10.4 Å². The Morgan fingerprint density at radius 2 is 2.06 bits per heavy atom. The zero-order chi connectivity index (χ0) is 13.6. The highest BCUT2D eigenvalue weighted by atomic mass is 32.2. The summed E-state index contributed by atoms with van der Waals surface area (Å²) in [6.07, 6.45) is 1.14. The van der Waals surface area contributed by atoms with Crippen LogP contribution < -0.4 is 9.92 Å². The Kier molecular flexibility index (Phi) is 2.86. The second-order valence-electron chi connectivity index (χ2n) is 3.16. The number of anilines is 1. The second-order valence-corrected chi connectivity index (χ2v) is 5.76. The van der Waals surface area contributed by atoms with Gasteiger partial charge in [0, 0.05) is 12.3 Å². The Labute approximate surface area is 103 Å². The molecule has 0 aliphatic rings. The van der Waals surface area contributed by atoms with E-state index in [1.807, 2.05) is 0 Å². The van der Waals surface area contributed by atoms with Crippen LogP contribution in [-0.2, 0) is 10.1 Å². The normalized spacial score (nSPS) is 12.8. The number of nitrogen functional groups attached to an aromatic ring is 1. The molecule has 0 spiro atoms. The van der Waals surface area contributed by atoms with Crippen LogP contribution in [0.5, 0.6) is 5.75 Å². The standard InChI is InChI=1S/C8H5F3N2O3S2/c9-8(10,11)18(14,15)16-5-1-2-13-7-4(5)3-6(12)17-7/h1-3H,12H2. The molecular formula is C8H5F3N2O3S2. The van der Waals surface area contributed by atoms with Crippen LogP contribution >= 0.6 is 11.3 Å². The number of nitrogens with two attached hydrogens (primary N) is 1. The molecule has 0 aliphatic carbocycles. The molecule has 0 atom stereocenters. The van der Waals surface area contributed by atoms with Crippen molar-refractivity contribution in [3.63, 3.8) is 0 Å². The first kappa shape index (κ1) is 12.9. The number of nitrogens with zero attached hydrogens (tertiary/aromatic N) is 1. The minimum absolute atomic E-state index is 0.118. The third-order valence-electron chi connectivity index (χ3n) is 1.90. The third kappa shape index (κ3) is 2.20. The molecule has 5 nitrogen and oxygen atoms in total. The van der Waals surface area contributed by atoms with Crippen LogP contribution in [0.2, 0.25) is 0 Å². The molecule has 2 rings (SSSR count). The van der Waals surface area contributed by atoms with Gasteiger partial charge >= 0.3 is 15.6 Å².